The maximum atomic E-state index is 12.7. The van der Waals surface area contributed by atoms with Crippen molar-refractivity contribution in [2.75, 3.05) is 0 Å². The van der Waals surface area contributed by atoms with Gasteiger partial charge in [0, 0.05) is 24.3 Å². The highest BCUT2D eigenvalue weighted by molar-refractivity contribution is 5.85. The SMILES string of the molecule is CCC(=C/[C@H](C)C/C=C/C(C)=C/[C@@H](C)C(=O)[C@@H](C)[C@H](O)[C@@H](C)CC)/C=C/[C@H]1CC=CC(=O)O1. The van der Waals surface area contributed by atoms with Gasteiger partial charge in [0.25, 0.3) is 0 Å². The van der Waals surface area contributed by atoms with Gasteiger partial charge in [0.05, 0.1) is 6.10 Å². The van der Waals surface area contributed by atoms with Gasteiger partial charge in [-0.25, -0.2) is 4.79 Å². The van der Waals surface area contributed by atoms with E-state index >= 15 is 0 Å². The zero-order valence-electron chi connectivity index (χ0n) is 21.6. The van der Waals surface area contributed by atoms with E-state index in [0.717, 1.165) is 31.3 Å². The number of rotatable bonds is 13. The van der Waals surface area contributed by atoms with E-state index in [1.807, 2.05) is 52.8 Å². The van der Waals surface area contributed by atoms with Crippen molar-refractivity contribution < 1.29 is 19.4 Å². The molecule has 1 rings (SSSR count). The molecule has 0 aromatic carbocycles. The van der Waals surface area contributed by atoms with E-state index in [1.165, 1.54) is 11.6 Å². The summed E-state index contributed by atoms with van der Waals surface area (Å²) in [4.78, 5) is 24.0. The number of hydrogen-bond donors (Lipinski definition) is 1. The van der Waals surface area contributed by atoms with Crippen LogP contribution in [-0.4, -0.2) is 29.1 Å². The molecule has 1 heterocycles. The Morgan fingerprint density at radius 1 is 1.18 bits per heavy atom. The summed E-state index contributed by atoms with van der Waals surface area (Å²) < 4.78 is 5.28. The van der Waals surface area contributed by atoms with Crippen molar-refractivity contribution in [2.24, 2.45) is 23.7 Å². The van der Waals surface area contributed by atoms with E-state index in [4.69, 9.17) is 4.74 Å². The molecule has 4 nitrogen and oxygen atoms in total. The lowest BCUT2D eigenvalue weighted by molar-refractivity contribution is -0.141. The summed E-state index contributed by atoms with van der Waals surface area (Å²) in [7, 11) is 0. The second kappa shape index (κ2) is 14.8. The fraction of sp³-hybridized carbons (Fsp3) is 0.586. The van der Waals surface area contributed by atoms with Crippen LogP contribution >= 0.6 is 0 Å². The van der Waals surface area contributed by atoms with E-state index in [1.54, 1.807) is 0 Å². The number of hydrogen-bond acceptors (Lipinski definition) is 4. The maximum absolute atomic E-state index is 12.7. The number of Topliss-reactive ketones (excluding diaryl/α,β-unsaturated/α-hetero) is 1. The molecule has 0 amide bonds. The Labute approximate surface area is 201 Å². The number of carbonyl (C=O) groups is 2. The van der Waals surface area contributed by atoms with Crippen LogP contribution in [0.2, 0.25) is 0 Å². The molecule has 0 aliphatic carbocycles. The lowest BCUT2D eigenvalue weighted by Crippen LogP contribution is -2.33. The zero-order valence-corrected chi connectivity index (χ0v) is 21.6. The Balaban J connectivity index is 2.63. The molecule has 0 bridgehead atoms. The second-order valence-electron chi connectivity index (χ2n) is 9.45. The Morgan fingerprint density at radius 2 is 1.88 bits per heavy atom. The summed E-state index contributed by atoms with van der Waals surface area (Å²) in [6.07, 6.45) is 18.4. The van der Waals surface area contributed by atoms with E-state index in [9.17, 15) is 14.7 Å². The highest BCUT2D eigenvalue weighted by Crippen LogP contribution is 2.21. The molecule has 0 saturated carbocycles. The predicted octanol–water partition coefficient (Wildman–Crippen LogP) is 6.53. The van der Waals surface area contributed by atoms with Crippen LogP contribution in [0.1, 0.15) is 74.1 Å². The van der Waals surface area contributed by atoms with Crippen molar-refractivity contribution in [1.29, 1.82) is 0 Å². The van der Waals surface area contributed by atoms with E-state index in [-0.39, 0.29) is 35.6 Å². The minimum Gasteiger partial charge on any atom is -0.455 e. The largest absolute Gasteiger partial charge is 0.455 e. The normalized spacial score (nSPS) is 22.3. The van der Waals surface area contributed by atoms with Gasteiger partial charge in [0.2, 0.25) is 0 Å². The van der Waals surface area contributed by atoms with Gasteiger partial charge in [0.15, 0.2) is 0 Å². The molecule has 0 spiro atoms. The topological polar surface area (TPSA) is 63.6 Å². The van der Waals surface area contributed by atoms with Gasteiger partial charge in [-0.1, -0.05) is 95.6 Å². The average molecular weight is 457 g/mol. The van der Waals surface area contributed by atoms with Gasteiger partial charge in [-0.2, -0.15) is 0 Å². The first-order valence-corrected chi connectivity index (χ1v) is 12.4. The molecule has 1 aliphatic heterocycles. The van der Waals surface area contributed by atoms with Crippen LogP contribution in [0.15, 0.2) is 59.8 Å². The van der Waals surface area contributed by atoms with Crippen LogP contribution in [0, 0.1) is 23.7 Å². The molecule has 33 heavy (non-hydrogen) atoms. The van der Waals surface area contributed by atoms with Gasteiger partial charge >= 0.3 is 5.97 Å². The van der Waals surface area contributed by atoms with E-state index < -0.39 is 6.10 Å². The smallest absolute Gasteiger partial charge is 0.331 e. The molecule has 0 saturated heterocycles. The summed E-state index contributed by atoms with van der Waals surface area (Å²) in [5, 5.41) is 10.4. The standard InChI is InChI=1S/C29H44O4/c1-8-22(5)28(31)24(7)29(32)23(6)18-20(3)12-10-13-21(4)19-25(9-2)16-17-26-14-11-15-27(30)33-26/h10-12,15-19,21-24,26,28,31H,8-9,13-14H2,1-7H3/b12-10+,17-16+,20-18+,25-19-/t21-,22+,23-,24+,26-,28-/m1/s1. The first-order chi connectivity index (χ1) is 15.6. The lowest BCUT2D eigenvalue weighted by atomic mass is 9.84. The van der Waals surface area contributed by atoms with Gasteiger partial charge in [-0.05, 0) is 37.7 Å². The number of allylic oxidation sites excluding steroid dienone is 7. The Hall–Kier alpha value is -2.20. The number of ether oxygens (including phenoxy) is 1. The molecular formula is C29H44O4. The van der Waals surface area contributed by atoms with Crippen LogP contribution in [-0.2, 0) is 14.3 Å². The van der Waals surface area contributed by atoms with Crippen LogP contribution in [0.25, 0.3) is 0 Å². The van der Waals surface area contributed by atoms with Crippen LogP contribution < -0.4 is 0 Å². The van der Waals surface area contributed by atoms with Crippen molar-refractivity contribution in [2.45, 2.75) is 86.4 Å². The minimum atomic E-state index is -0.592. The molecule has 0 fully saturated rings. The average Bonchev–Trinajstić information content (AvgIpc) is 2.79. The fourth-order valence-corrected chi connectivity index (χ4v) is 3.93. The second-order valence-corrected chi connectivity index (χ2v) is 9.45. The van der Waals surface area contributed by atoms with Crippen molar-refractivity contribution >= 4 is 11.8 Å². The summed E-state index contributed by atoms with van der Waals surface area (Å²) >= 11 is 0. The molecule has 0 radical (unpaired) electrons. The number of esters is 1. The van der Waals surface area contributed by atoms with Crippen molar-refractivity contribution in [3.8, 4) is 0 Å². The first-order valence-electron chi connectivity index (χ1n) is 12.4. The van der Waals surface area contributed by atoms with Gasteiger partial charge in [-0.15, -0.1) is 0 Å². The Kier molecular flexibility index (Phi) is 13.0. The number of cyclic esters (lactones) is 1. The fourth-order valence-electron chi connectivity index (χ4n) is 3.93. The third kappa shape index (κ3) is 10.5. The molecule has 184 valence electrons. The third-order valence-electron chi connectivity index (χ3n) is 6.36. The van der Waals surface area contributed by atoms with Crippen molar-refractivity contribution in [3.05, 3.63) is 59.8 Å². The predicted molar refractivity (Wildman–Crippen MR) is 137 cm³/mol. The highest BCUT2D eigenvalue weighted by Gasteiger charge is 2.28. The molecule has 0 unspecified atom stereocenters. The van der Waals surface area contributed by atoms with Gasteiger partial charge < -0.3 is 9.84 Å². The highest BCUT2D eigenvalue weighted by atomic mass is 16.5. The summed E-state index contributed by atoms with van der Waals surface area (Å²) in [5.74, 6) is -0.286. The van der Waals surface area contributed by atoms with E-state index in [0.29, 0.717) is 5.92 Å². The van der Waals surface area contributed by atoms with Crippen LogP contribution in [0.5, 0.6) is 0 Å². The molecule has 0 aromatic rings. The number of aliphatic hydroxyl groups is 1. The number of ketones is 1. The first kappa shape index (κ1) is 28.8. The molecule has 0 aromatic heterocycles. The van der Waals surface area contributed by atoms with Crippen LogP contribution in [0.3, 0.4) is 0 Å². The van der Waals surface area contributed by atoms with Gasteiger partial charge in [-0.3, -0.25) is 4.79 Å². The monoisotopic (exact) mass is 456 g/mol. The van der Waals surface area contributed by atoms with E-state index in [2.05, 4.69) is 38.2 Å². The summed E-state index contributed by atoms with van der Waals surface area (Å²) in [5.41, 5.74) is 2.28. The van der Waals surface area contributed by atoms with Crippen molar-refractivity contribution in [1.82, 2.24) is 0 Å². The number of carbonyl (C=O) groups excluding carboxylic acids is 2. The lowest BCUT2D eigenvalue weighted by Gasteiger charge is -2.24. The number of aliphatic hydroxyl groups excluding tert-OH is 1. The molecule has 1 aliphatic rings. The van der Waals surface area contributed by atoms with Crippen LogP contribution in [0.4, 0.5) is 0 Å². The Bertz CT molecular complexity index is 783. The molecule has 6 atom stereocenters. The third-order valence-corrected chi connectivity index (χ3v) is 6.36. The van der Waals surface area contributed by atoms with Crippen molar-refractivity contribution in [3.63, 3.8) is 0 Å². The minimum absolute atomic E-state index is 0.0883. The molecule has 4 heteroatoms. The molecular weight excluding hydrogens is 412 g/mol. The quantitative estimate of drug-likeness (QED) is 0.253. The maximum Gasteiger partial charge on any atom is 0.331 e. The summed E-state index contributed by atoms with van der Waals surface area (Å²) in [6, 6.07) is 0. The Morgan fingerprint density at radius 3 is 2.48 bits per heavy atom. The summed E-state index contributed by atoms with van der Waals surface area (Å²) in [6.45, 7) is 14.1. The van der Waals surface area contributed by atoms with Gasteiger partial charge in [0.1, 0.15) is 11.9 Å². The molecule has 1 N–H and O–H groups in total. The zero-order chi connectivity index (χ0) is 25.0.